The van der Waals surface area contributed by atoms with Gasteiger partial charge in [-0.3, -0.25) is 4.79 Å². The van der Waals surface area contributed by atoms with Gasteiger partial charge in [0.15, 0.2) is 5.82 Å². The van der Waals surface area contributed by atoms with Crippen LogP contribution in [-0.4, -0.2) is 27.2 Å². The van der Waals surface area contributed by atoms with Crippen molar-refractivity contribution in [3.05, 3.63) is 30.1 Å². The zero-order chi connectivity index (χ0) is 18.7. The number of amides is 1. The second-order valence-electron chi connectivity index (χ2n) is 8.12. The minimum absolute atomic E-state index is 0. The van der Waals surface area contributed by atoms with E-state index in [0.29, 0.717) is 13.0 Å². The minimum atomic E-state index is -0.0111. The number of carbonyl (C=O) groups excluding carboxylic acids is 1. The Kier molecular flexibility index (Phi) is 8.49. The average Bonchev–Trinajstić information content (AvgIpc) is 3.13. The zero-order valence-corrected chi connectivity index (χ0v) is 18.4. The number of carbonyl (C=O) groups is 1. The highest BCUT2D eigenvalue weighted by Crippen LogP contribution is 2.38. The fraction of sp³-hybridized carbons (Fsp3) is 0.571. The summed E-state index contributed by atoms with van der Waals surface area (Å²) in [4.78, 5) is 12.6. The average molecular weight is 440 g/mol. The van der Waals surface area contributed by atoms with Crippen LogP contribution >= 0.6 is 24.8 Å². The fourth-order valence-electron chi connectivity index (χ4n) is 4.53. The first-order valence-corrected chi connectivity index (χ1v) is 10.2. The van der Waals surface area contributed by atoms with E-state index in [9.17, 15) is 4.79 Å². The molecular formula is C21H31Cl2N5O. The zero-order valence-electron chi connectivity index (χ0n) is 16.7. The number of benzene rings is 1. The molecule has 0 bridgehead atoms. The van der Waals surface area contributed by atoms with Crippen LogP contribution in [0.2, 0.25) is 0 Å². The van der Waals surface area contributed by atoms with Crippen LogP contribution in [-0.2, 0) is 17.8 Å². The van der Waals surface area contributed by atoms with E-state index >= 15 is 0 Å². The Labute approximate surface area is 184 Å². The number of anilines is 1. The third-order valence-electron chi connectivity index (χ3n) is 6.17. The van der Waals surface area contributed by atoms with E-state index in [1.807, 2.05) is 24.3 Å². The molecule has 3 N–H and O–H groups in total. The molecule has 1 aliphatic heterocycles. The summed E-state index contributed by atoms with van der Waals surface area (Å²) in [6.45, 7) is 1.58. The number of hydrogen-bond acceptors (Lipinski definition) is 4. The molecule has 29 heavy (non-hydrogen) atoms. The molecule has 4 rings (SSSR count). The van der Waals surface area contributed by atoms with Crippen LogP contribution in [0.4, 0.5) is 5.69 Å². The monoisotopic (exact) mass is 439 g/mol. The van der Waals surface area contributed by atoms with Crippen molar-refractivity contribution in [1.29, 1.82) is 0 Å². The Bertz CT molecular complexity index is 800. The van der Waals surface area contributed by atoms with Gasteiger partial charge in [-0.2, -0.15) is 0 Å². The first-order valence-electron chi connectivity index (χ1n) is 10.2. The highest BCUT2D eigenvalue weighted by Gasteiger charge is 2.33. The predicted octanol–water partition coefficient (Wildman–Crippen LogP) is 4.36. The number of hydrogen-bond donors (Lipinski definition) is 2. The van der Waals surface area contributed by atoms with Gasteiger partial charge < -0.3 is 15.6 Å². The summed E-state index contributed by atoms with van der Waals surface area (Å²) in [5.74, 6) is 2.06. The lowest BCUT2D eigenvalue weighted by atomic mass is 9.71. The van der Waals surface area contributed by atoms with Crippen LogP contribution in [0.1, 0.15) is 57.2 Å². The van der Waals surface area contributed by atoms with Crippen LogP contribution in [0.3, 0.4) is 0 Å². The number of nitrogens with zero attached hydrogens (tertiary/aromatic N) is 3. The molecule has 2 aromatic rings. The summed E-state index contributed by atoms with van der Waals surface area (Å²) < 4.78 is 2.21. The van der Waals surface area contributed by atoms with Gasteiger partial charge in [0.2, 0.25) is 5.91 Å². The van der Waals surface area contributed by atoms with Gasteiger partial charge in [0, 0.05) is 30.6 Å². The van der Waals surface area contributed by atoms with Gasteiger partial charge in [0.1, 0.15) is 5.82 Å². The van der Waals surface area contributed by atoms with Crippen LogP contribution in [0.5, 0.6) is 0 Å². The third-order valence-corrected chi connectivity index (χ3v) is 6.17. The molecule has 1 aromatic heterocycles. The number of halogens is 2. The molecule has 0 radical (unpaired) electrons. The normalized spacial score (nSPS) is 17.4. The quantitative estimate of drug-likeness (QED) is 0.723. The first kappa shape index (κ1) is 23.6. The summed E-state index contributed by atoms with van der Waals surface area (Å²) in [5.41, 5.74) is 7.87. The van der Waals surface area contributed by atoms with Gasteiger partial charge in [-0.05, 0) is 61.9 Å². The summed E-state index contributed by atoms with van der Waals surface area (Å²) in [6, 6.07) is 7.93. The van der Waals surface area contributed by atoms with Crippen molar-refractivity contribution in [3.63, 3.8) is 0 Å². The SMILES string of the molecule is Cl.Cl.NCC1(CC(=O)Nc2ccc(-c3nnc4n3CCCC4)cc2)CCCCC1. The van der Waals surface area contributed by atoms with Crippen LogP contribution in [0, 0.1) is 5.41 Å². The molecular weight excluding hydrogens is 409 g/mol. The number of rotatable bonds is 5. The molecule has 0 saturated heterocycles. The molecule has 0 spiro atoms. The molecule has 0 atom stereocenters. The maximum Gasteiger partial charge on any atom is 0.224 e. The van der Waals surface area contributed by atoms with Gasteiger partial charge >= 0.3 is 0 Å². The molecule has 1 amide bonds. The Morgan fingerprint density at radius 2 is 1.76 bits per heavy atom. The standard InChI is InChI=1S/C21H29N5O.2ClH/c22-15-21(11-3-1-4-12-21)14-19(27)23-17-9-7-16(8-10-17)20-25-24-18-6-2-5-13-26(18)20;;/h7-10H,1-6,11-15,22H2,(H,23,27);2*1H. The molecule has 160 valence electrons. The van der Waals surface area contributed by atoms with Crippen LogP contribution < -0.4 is 11.1 Å². The number of fused-ring (bicyclic) bond motifs is 1. The van der Waals surface area contributed by atoms with E-state index in [0.717, 1.165) is 48.7 Å². The Balaban J connectivity index is 0.00000150. The van der Waals surface area contributed by atoms with Crippen molar-refractivity contribution in [2.45, 2.75) is 64.3 Å². The maximum atomic E-state index is 12.6. The van der Waals surface area contributed by atoms with E-state index in [1.165, 1.54) is 32.1 Å². The van der Waals surface area contributed by atoms with Gasteiger partial charge in [0.25, 0.3) is 0 Å². The first-order chi connectivity index (χ1) is 13.2. The lowest BCUT2D eigenvalue weighted by Gasteiger charge is -2.35. The van der Waals surface area contributed by atoms with Crippen molar-refractivity contribution in [2.75, 3.05) is 11.9 Å². The van der Waals surface area contributed by atoms with Crippen molar-refractivity contribution in [3.8, 4) is 11.4 Å². The molecule has 6 nitrogen and oxygen atoms in total. The second-order valence-corrected chi connectivity index (χ2v) is 8.12. The van der Waals surface area contributed by atoms with Crippen LogP contribution in [0.25, 0.3) is 11.4 Å². The topological polar surface area (TPSA) is 85.8 Å². The predicted molar refractivity (Wildman–Crippen MR) is 121 cm³/mol. The number of nitrogens with two attached hydrogens (primary N) is 1. The number of aryl methyl sites for hydroxylation is 1. The molecule has 1 aliphatic carbocycles. The third kappa shape index (κ3) is 5.30. The highest BCUT2D eigenvalue weighted by molar-refractivity contribution is 5.91. The van der Waals surface area contributed by atoms with E-state index < -0.39 is 0 Å². The fourth-order valence-corrected chi connectivity index (χ4v) is 4.53. The van der Waals surface area contributed by atoms with E-state index in [1.54, 1.807) is 0 Å². The van der Waals surface area contributed by atoms with E-state index in [-0.39, 0.29) is 36.1 Å². The second kappa shape index (κ2) is 10.4. The molecule has 0 unspecified atom stereocenters. The molecule has 1 aromatic carbocycles. The summed E-state index contributed by atoms with van der Waals surface area (Å²) >= 11 is 0. The number of nitrogens with one attached hydrogen (secondary N) is 1. The lowest BCUT2D eigenvalue weighted by Crippen LogP contribution is -2.36. The molecule has 1 fully saturated rings. The van der Waals surface area contributed by atoms with Crippen molar-refractivity contribution >= 4 is 36.4 Å². The maximum absolute atomic E-state index is 12.6. The molecule has 2 aliphatic rings. The van der Waals surface area contributed by atoms with Gasteiger partial charge in [0.05, 0.1) is 0 Å². The van der Waals surface area contributed by atoms with E-state index in [2.05, 4.69) is 20.1 Å². The largest absolute Gasteiger partial charge is 0.330 e. The Hall–Kier alpha value is -1.63. The Morgan fingerprint density at radius 3 is 2.45 bits per heavy atom. The van der Waals surface area contributed by atoms with E-state index in [4.69, 9.17) is 5.73 Å². The smallest absolute Gasteiger partial charge is 0.224 e. The van der Waals surface area contributed by atoms with Gasteiger partial charge in [-0.15, -0.1) is 35.0 Å². The molecule has 1 saturated carbocycles. The minimum Gasteiger partial charge on any atom is -0.330 e. The highest BCUT2D eigenvalue weighted by atomic mass is 35.5. The lowest BCUT2D eigenvalue weighted by molar-refractivity contribution is -0.118. The molecule has 8 heteroatoms. The molecule has 2 heterocycles. The van der Waals surface area contributed by atoms with Gasteiger partial charge in [-0.1, -0.05) is 19.3 Å². The Morgan fingerprint density at radius 1 is 1.03 bits per heavy atom. The number of aromatic nitrogens is 3. The summed E-state index contributed by atoms with van der Waals surface area (Å²) in [7, 11) is 0. The van der Waals surface area contributed by atoms with Gasteiger partial charge in [-0.25, -0.2) is 0 Å². The van der Waals surface area contributed by atoms with Crippen molar-refractivity contribution in [1.82, 2.24) is 14.8 Å². The van der Waals surface area contributed by atoms with Crippen molar-refractivity contribution in [2.24, 2.45) is 11.1 Å². The van der Waals surface area contributed by atoms with Crippen molar-refractivity contribution < 1.29 is 4.79 Å². The summed E-state index contributed by atoms with van der Waals surface area (Å²) in [5, 5.41) is 11.7. The summed E-state index contributed by atoms with van der Waals surface area (Å²) in [6.07, 6.45) is 9.64. The van der Waals surface area contributed by atoms with Crippen LogP contribution in [0.15, 0.2) is 24.3 Å².